The molecule has 194 valence electrons. The van der Waals surface area contributed by atoms with Crippen molar-refractivity contribution in [3.8, 4) is 11.8 Å². The molecule has 3 amide bonds. The molecule has 0 radical (unpaired) electrons. The van der Waals surface area contributed by atoms with Gasteiger partial charge in [0.15, 0.2) is 18.1 Å². The van der Waals surface area contributed by atoms with Crippen molar-refractivity contribution in [1.29, 1.82) is 5.26 Å². The molecule has 0 atom stereocenters. The molecule has 11 nitrogen and oxygen atoms in total. The lowest BCUT2D eigenvalue weighted by Crippen LogP contribution is -3.10. The van der Waals surface area contributed by atoms with E-state index >= 15 is 0 Å². The van der Waals surface area contributed by atoms with Crippen molar-refractivity contribution < 1.29 is 23.5 Å². The number of hydrogen-bond donors (Lipinski definition) is 3. The summed E-state index contributed by atoms with van der Waals surface area (Å²) in [5, 5.41) is 22.0. The van der Waals surface area contributed by atoms with Crippen LogP contribution in [0.1, 0.15) is 26.5 Å². The molecule has 3 heterocycles. The minimum absolute atomic E-state index is 0.0214. The van der Waals surface area contributed by atoms with Gasteiger partial charge in [0, 0.05) is 19.2 Å². The maximum atomic E-state index is 14.5. The smallest absolute Gasteiger partial charge is 0.270 e. The lowest BCUT2D eigenvalue weighted by Gasteiger charge is -3.10. The predicted molar refractivity (Wildman–Crippen MR) is 128 cm³/mol. The lowest BCUT2D eigenvalue weighted by molar-refractivity contribution is -0.639. The van der Waals surface area contributed by atoms with E-state index in [1.807, 2.05) is 0 Å². The molecule has 12 heteroatoms. The summed E-state index contributed by atoms with van der Waals surface area (Å²) in [6.45, 7) is 0.577. The summed E-state index contributed by atoms with van der Waals surface area (Å²) in [6.07, 6.45) is 0.962. The van der Waals surface area contributed by atoms with Gasteiger partial charge in [-0.05, 0) is 58.6 Å². The van der Waals surface area contributed by atoms with Gasteiger partial charge in [-0.3, -0.25) is 14.4 Å². The minimum Gasteiger partial charge on any atom is -0.482 e. The van der Waals surface area contributed by atoms with Crippen LogP contribution < -0.4 is 20.7 Å². The molecule has 1 aromatic carbocycles. The van der Waals surface area contributed by atoms with Gasteiger partial charge in [0.2, 0.25) is 0 Å². The van der Waals surface area contributed by atoms with E-state index in [4.69, 9.17) is 4.74 Å². The zero-order valence-electron chi connectivity index (χ0n) is 20.3. The molecule has 2 aromatic heterocycles. The molecule has 0 spiro atoms. The predicted octanol–water partition coefficient (Wildman–Crippen LogP) is 1.12. The molecule has 7 aliphatic rings. The molecule has 0 bridgehead atoms. The van der Waals surface area contributed by atoms with E-state index in [1.54, 1.807) is 18.2 Å². The van der Waals surface area contributed by atoms with Gasteiger partial charge in [-0.25, -0.2) is 13.9 Å². The van der Waals surface area contributed by atoms with Crippen molar-refractivity contribution in [3.05, 3.63) is 53.2 Å². The van der Waals surface area contributed by atoms with Crippen LogP contribution in [0.5, 0.6) is 5.75 Å². The molecule has 6 saturated carbocycles. The number of nitrogens with zero attached hydrogens (tertiary/aromatic N) is 4. The highest BCUT2D eigenvalue weighted by atomic mass is 19.1. The van der Waals surface area contributed by atoms with Crippen LogP contribution in [0, 0.1) is 63.5 Å². The first-order valence-corrected chi connectivity index (χ1v) is 13.0. The van der Waals surface area contributed by atoms with Crippen LogP contribution in [-0.4, -0.2) is 45.5 Å². The van der Waals surface area contributed by atoms with Crippen LogP contribution in [0.3, 0.4) is 0 Å². The highest BCUT2D eigenvalue weighted by Crippen LogP contribution is 3.09. The van der Waals surface area contributed by atoms with Crippen molar-refractivity contribution in [2.75, 3.05) is 18.5 Å². The van der Waals surface area contributed by atoms with E-state index in [0.717, 1.165) is 10.7 Å². The fourth-order valence-corrected chi connectivity index (χ4v) is 9.38. The largest absolute Gasteiger partial charge is 0.482 e. The van der Waals surface area contributed by atoms with E-state index in [9.17, 15) is 24.0 Å². The third-order valence-corrected chi connectivity index (χ3v) is 10.6. The second-order valence-corrected chi connectivity index (χ2v) is 11.6. The van der Waals surface area contributed by atoms with Crippen molar-refractivity contribution in [2.45, 2.75) is 6.54 Å². The first-order valence-electron chi connectivity index (χ1n) is 13.0. The van der Waals surface area contributed by atoms with Crippen LogP contribution in [0.2, 0.25) is 0 Å². The third-order valence-electron chi connectivity index (χ3n) is 10.6. The monoisotopic (exact) mass is 525 g/mol. The maximum Gasteiger partial charge on any atom is 0.270 e. The average Bonchev–Trinajstić information content (AvgIpc) is 3.34. The molecule has 3 N–H and O–H groups in total. The molecule has 0 saturated heterocycles. The Hall–Kier alpha value is -4.53. The number of nitrogens with one attached hydrogen (secondary N) is 3. The molecule has 6 fully saturated rings. The standard InChI is InChI=1S/C27H20FN7O4/c28-11-6-32-35-14(25(38)31-9-27-20-17-21(27)19-22(27)18(20)26(17,19)8-29)4-13(34-23(11)35)24(37)30-5-10-1-2-15-12(3-10)33-16(36)7-39-15/h1-4,6,17-22H,5,7,9H2,(H,30,37)(H,31,38)(H,33,36). The SMILES string of the molecule is N#CC12C3C4C1C1C2C3C41CNC(=O)c1cc(C(=O)NCc2ccc3c(c2)NC(=O)CO3)nc2c(F)cnn12. The zero-order chi connectivity index (χ0) is 26.4. The molecule has 1 aliphatic heterocycles. The van der Waals surface area contributed by atoms with Crippen molar-refractivity contribution in [1.82, 2.24) is 25.2 Å². The van der Waals surface area contributed by atoms with Gasteiger partial charge in [0.05, 0.1) is 23.4 Å². The van der Waals surface area contributed by atoms with E-state index in [0.29, 0.717) is 59.1 Å². The van der Waals surface area contributed by atoms with E-state index in [-0.39, 0.29) is 46.9 Å². The normalized spacial score (nSPS) is 36.3. The van der Waals surface area contributed by atoms with Crippen LogP contribution in [0.4, 0.5) is 10.1 Å². The fraction of sp³-hybridized carbons (Fsp3) is 0.407. The number of hydrogen-bond acceptors (Lipinski definition) is 7. The van der Waals surface area contributed by atoms with Gasteiger partial charge in [0.1, 0.15) is 17.1 Å². The summed E-state index contributed by atoms with van der Waals surface area (Å²) in [7, 11) is 0. The summed E-state index contributed by atoms with van der Waals surface area (Å²) >= 11 is 0. The van der Waals surface area contributed by atoms with Crippen molar-refractivity contribution in [2.24, 2.45) is 46.3 Å². The number of nitriles is 1. The average molecular weight is 526 g/mol. The van der Waals surface area contributed by atoms with Gasteiger partial charge in [0.25, 0.3) is 17.7 Å². The number of anilines is 1. The van der Waals surface area contributed by atoms with Gasteiger partial charge in [-0.1, -0.05) is 6.07 Å². The van der Waals surface area contributed by atoms with E-state index in [2.05, 4.69) is 32.1 Å². The molecular weight excluding hydrogens is 505 g/mol. The Bertz CT molecular complexity index is 1700. The van der Waals surface area contributed by atoms with Crippen molar-refractivity contribution >= 4 is 29.1 Å². The highest BCUT2D eigenvalue weighted by Gasteiger charge is 3.10. The maximum absolute atomic E-state index is 14.5. The van der Waals surface area contributed by atoms with Crippen LogP contribution in [-0.2, 0) is 11.3 Å². The number of carbonyl (C=O) groups is 3. The minimum atomic E-state index is -0.743. The summed E-state index contributed by atoms with van der Waals surface area (Å²) < 4.78 is 20.9. The van der Waals surface area contributed by atoms with Gasteiger partial charge < -0.3 is 20.7 Å². The molecule has 6 aliphatic carbocycles. The summed E-state index contributed by atoms with van der Waals surface area (Å²) in [6, 6.07) is 9.04. The Morgan fingerprint density at radius 2 is 1.92 bits per heavy atom. The topological polar surface area (TPSA) is 151 Å². The molecule has 10 rings (SSSR count). The van der Waals surface area contributed by atoms with E-state index < -0.39 is 17.6 Å². The summed E-state index contributed by atoms with van der Waals surface area (Å²) in [5.74, 6) is 1.67. The number of aromatic nitrogens is 3. The lowest BCUT2D eigenvalue weighted by atomic mass is 8.92. The Labute approximate surface area is 219 Å². The Balaban J connectivity index is 0.930. The number of rotatable bonds is 6. The number of amides is 3. The fourth-order valence-electron chi connectivity index (χ4n) is 9.38. The number of benzene rings is 1. The quantitative estimate of drug-likeness (QED) is 0.436. The molecule has 39 heavy (non-hydrogen) atoms. The second kappa shape index (κ2) is 6.54. The molecule has 3 aromatic rings. The molecule has 0 unspecified atom stereocenters. The van der Waals surface area contributed by atoms with Gasteiger partial charge in [-0.15, -0.1) is 0 Å². The Kier molecular flexibility index (Phi) is 3.59. The number of fused-ring (bicyclic) bond motifs is 2. The van der Waals surface area contributed by atoms with Gasteiger partial charge >= 0.3 is 0 Å². The zero-order valence-corrected chi connectivity index (χ0v) is 20.3. The number of ether oxygens (including phenoxy) is 1. The van der Waals surface area contributed by atoms with Crippen LogP contribution >= 0.6 is 0 Å². The number of halogens is 1. The van der Waals surface area contributed by atoms with Crippen molar-refractivity contribution in [3.63, 3.8) is 0 Å². The van der Waals surface area contributed by atoms with E-state index in [1.165, 1.54) is 6.07 Å². The van der Waals surface area contributed by atoms with Crippen LogP contribution in [0.15, 0.2) is 30.5 Å². The first-order chi connectivity index (χ1) is 18.9. The van der Waals surface area contributed by atoms with Crippen LogP contribution in [0.25, 0.3) is 5.65 Å². The van der Waals surface area contributed by atoms with Gasteiger partial charge in [-0.2, -0.15) is 10.4 Å². The summed E-state index contributed by atoms with van der Waals surface area (Å²) in [4.78, 5) is 42.0. The summed E-state index contributed by atoms with van der Waals surface area (Å²) in [5.41, 5.74) is 0.982. The Morgan fingerprint density at radius 3 is 2.67 bits per heavy atom. The Morgan fingerprint density at radius 1 is 1.15 bits per heavy atom. The molecular formula is C27H20FN7O4. The highest BCUT2D eigenvalue weighted by molar-refractivity contribution is 5.98. The first kappa shape index (κ1) is 21.4. The third kappa shape index (κ3) is 2.14. The second-order valence-electron chi connectivity index (χ2n) is 11.6. The number of carbonyl (C=O) groups excluding carboxylic acids is 3.